The zero-order valence-electron chi connectivity index (χ0n) is 11.6. The van der Waals surface area contributed by atoms with Crippen LogP contribution in [0.25, 0.3) is 0 Å². The molecular weight excluding hydrogens is 236 g/mol. The second-order valence-corrected chi connectivity index (χ2v) is 6.87. The van der Waals surface area contributed by atoms with Crippen LogP contribution < -0.4 is 10.6 Å². The van der Waals surface area contributed by atoms with Gasteiger partial charge in [-0.2, -0.15) is 0 Å². The molecule has 4 heteroatoms. The molecule has 1 fully saturated rings. The van der Waals surface area contributed by atoms with E-state index in [0.717, 1.165) is 12.8 Å². The molecule has 1 amide bonds. The highest BCUT2D eigenvalue weighted by Gasteiger charge is 2.38. The Morgan fingerprint density at radius 1 is 1.35 bits per heavy atom. The Morgan fingerprint density at radius 3 is 2.24 bits per heavy atom. The number of amides is 1. The van der Waals surface area contributed by atoms with Gasteiger partial charge in [-0.1, -0.05) is 6.92 Å². The third kappa shape index (κ3) is 4.47. The lowest BCUT2D eigenvalue weighted by Gasteiger charge is -2.46. The van der Waals surface area contributed by atoms with Crippen LogP contribution in [0, 0.1) is 5.92 Å². The lowest BCUT2D eigenvalue weighted by Crippen LogP contribution is -2.62. The molecule has 0 aromatic rings. The smallest absolute Gasteiger partial charge is 0.224 e. The van der Waals surface area contributed by atoms with Crippen molar-refractivity contribution < 1.29 is 4.79 Å². The van der Waals surface area contributed by atoms with Crippen molar-refractivity contribution in [3.63, 3.8) is 0 Å². The van der Waals surface area contributed by atoms with Crippen molar-refractivity contribution in [3.05, 3.63) is 0 Å². The molecule has 1 atom stereocenters. The van der Waals surface area contributed by atoms with E-state index in [4.69, 9.17) is 11.6 Å². The largest absolute Gasteiger partial charge is 0.353 e. The molecule has 0 bridgehead atoms. The first-order chi connectivity index (χ1) is 7.65. The maximum Gasteiger partial charge on any atom is 0.224 e. The van der Waals surface area contributed by atoms with Crippen molar-refractivity contribution in [1.29, 1.82) is 0 Å². The molecule has 1 aliphatic heterocycles. The number of halogens is 1. The van der Waals surface area contributed by atoms with Gasteiger partial charge in [-0.15, -0.1) is 11.6 Å². The van der Waals surface area contributed by atoms with E-state index >= 15 is 0 Å². The minimum absolute atomic E-state index is 0.0594. The Kier molecular flexibility index (Phi) is 4.48. The van der Waals surface area contributed by atoms with Crippen LogP contribution in [0.1, 0.15) is 47.5 Å². The molecule has 0 spiro atoms. The lowest BCUT2D eigenvalue weighted by atomic mass is 9.79. The van der Waals surface area contributed by atoms with Crippen molar-refractivity contribution in [2.24, 2.45) is 5.92 Å². The number of rotatable bonds is 3. The Hall–Kier alpha value is -0.280. The van der Waals surface area contributed by atoms with Gasteiger partial charge in [0, 0.05) is 28.9 Å². The normalized spacial score (nSPS) is 25.3. The summed E-state index contributed by atoms with van der Waals surface area (Å²) in [4.78, 5) is 11.8. The maximum atomic E-state index is 11.8. The summed E-state index contributed by atoms with van der Waals surface area (Å²) in [7, 11) is 0. The van der Waals surface area contributed by atoms with E-state index in [1.165, 1.54) is 0 Å². The standard InChI is InChI=1S/C13H25ClN2O/c1-9(8-14)11(17)15-10-6-12(2,3)16-13(4,5)7-10/h9-10,16H,6-8H2,1-5H3,(H,15,17). The van der Waals surface area contributed by atoms with Gasteiger partial charge in [0.2, 0.25) is 5.91 Å². The van der Waals surface area contributed by atoms with E-state index in [0.29, 0.717) is 5.88 Å². The van der Waals surface area contributed by atoms with E-state index in [1.54, 1.807) is 0 Å². The lowest BCUT2D eigenvalue weighted by molar-refractivity contribution is -0.125. The Bertz CT molecular complexity index is 273. The predicted molar refractivity (Wildman–Crippen MR) is 72.3 cm³/mol. The van der Waals surface area contributed by atoms with Gasteiger partial charge in [-0.05, 0) is 40.5 Å². The molecular formula is C13H25ClN2O. The molecule has 0 saturated carbocycles. The summed E-state index contributed by atoms with van der Waals surface area (Å²) in [6.45, 7) is 10.6. The molecule has 1 heterocycles. The average molecular weight is 261 g/mol. The van der Waals surface area contributed by atoms with Crippen LogP contribution in [0.15, 0.2) is 0 Å². The fourth-order valence-electron chi connectivity index (χ4n) is 2.84. The number of piperidine rings is 1. The van der Waals surface area contributed by atoms with Gasteiger partial charge in [-0.3, -0.25) is 4.79 Å². The molecule has 2 N–H and O–H groups in total. The first-order valence-electron chi connectivity index (χ1n) is 6.31. The second kappa shape index (κ2) is 5.15. The van der Waals surface area contributed by atoms with Crippen LogP contribution in [-0.2, 0) is 4.79 Å². The number of alkyl halides is 1. The molecule has 0 radical (unpaired) electrons. The summed E-state index contributed by atoms with van der Waals surface area (Å²) in [5, 5.41) is 6.72. The van der Waals surface area contributed by atoms with Gasteiger partial charge in [0.1, 0.15) is 0 Å². The van der Waals surface area contributed by atoms with Crippen molar-refractivity contribution in [2.75, 3.05) is 5.88 Å². The molecule has 1 unspecified atom stereocenters. The number of nitrogens with one attached hydrogen (secondary N) is 2. The quantitative estimate of drug-likeness (QED) is 0.765. The molecule has 1 aliphatic rings. The highest BCUT2D eigenvalue weighted by Crippen LogP contribution is 2.28. The Balaban J connectivity index is 2.63. The van der Waals surface area contributed by atoms with Gasteiger partial charge < -0.3 is 10.6 Å². The molecule has 1 rings (SSSR count). The number of carbonyl (C=O) groups is 1. The summed E-state index contributed by atoms with van der Waals surface area (Å²) >= 11 is 5.70. The molecule has 0 aliphatic carbocycles. The van der Waals surface area contributed by atoms with Crippen molar-refractivity contribution >= 4 is 17.5 Å². The molecule has 0 aromatic carbocycles. The minimum atomic E-state index is -0.113. The van der Waals surface area contributed by atoms with E-state index in [9.17, 15) is 4.79 Å². The van der Waals surface area contributed by atoms with Gasteiger partial charge in [0.05, 0.1) is 0 Å². The van der Waals surface area contributed by atoms with Crippen LogP contribution in [0.3, 0.4) is 0 Å². The number of carbonyl (C=O) groups excluding carboxylic acids is 1. The minimum Gasteiger partial charge on any atom is -0.353 e. The first-order valence-corrected chi connectivity index (χ1v) is 6.84. The predicted octanol–water partition coefficient (Wildman–Crippen LogP) is 2.29. The van der Waals surface area contributed by atoms with Crippen LogP contribution >= 0.6 is 11.6 Å². The van der Waals surface area contributed by atoms with Gasteiger partial charge in [0.15, 0.2) is 0 Å². The first kappa shape index (κ1) is 14.8. The SMILES string of the molecule is CC(CCl)C(=O)NC1CC(C)(C)NC(C)(C)C1. The van der Waals surface area contributed by atoms with Gasteiger partial charge in [-0.25, -0.2) is 0 Å². The highest BCUT2D eigenvalue weighted by atomic mass is 35.5. The third-order valence-electron chi connectivity index (χ3n) is 3.22. The molecule has 0 aromatic heterocycles. The topological polar surface area (TPSA) is 41.1 Å². The van der Waals surface area contributed by atoms with E-state index in [2.05, 4.69) is 38.3 Å². The Morgan fingerprint density at radius 2 is 1.82 bits per heavy atom. The van der Waals surface area contributed by atoms with Crippen molar-refractivity contribution in [2.45, 2.75) is 64.6 Å². The zero-order chi connectivity index (χ0) is 13.3. The van der Waals surface area contributed by atoms with Crippen LogP contribution in [0.4, 0.5) is 0 Å². The fraction of sp³-hybridized carbons (Fsp3) is 0.923. The van der Waals surface area contributed by atoms with Crippen LogP contribution in [0.5, 0.6) is 0 Å². The second-order valence-electron chi connectivity index (χ2n) is 6.56. The molecule has 1 saturated heterocycles. The van der Waals surface area contributed by atoms with Crippen molar-refractivity contribution in [1.82, 2.24) is 10.6 Å². The molecule has 3 nitrogen and oxygen atoms in total. The number of hydrogen-bond donors (Lipinski definition) is 2. The van der Waals surface area contributed by atoms with Crippen LogP contribution in [0.2, 0.25) is 0 Å². The highest BCUT2D eigenvalue weighted by molar-refractivity contribution is 6.19. The van der Waals surface area contributed by atoms with E-state index in [1.807, 2.05) is 6.92 Å². The van der Waals surface area contributed by atoms with Gasteiger partial charge >= 0.3 is 0 Å². The summed E-state index contributed by atoms with van der Waals surface area (Å²) in [6.07, 6.45) is 1.91. The fourth-order valence-corrected chi connectivity index (χ4v) is 2.98. The zero-order valence-corrected chi connectivity index (χ0v) is 12.3. The summed E-state index contributed by atoms with van der Waals surface area (Å²) < 4.78 is 0. The monoisotopic (exact) mass is 260 g/mol. The summed E-state index contributed by atoms with van der Waals surface area (Å²) in [5.41, 5.74) is 0.119. The molecule has 17 heavy (non-hydrogen) atoms. The Labute approximate surface area is 110 Å². The van der Waals surface area contributed by atoms with Gasteiger partial charge in [0.25, 0.3) is 0 Å². The molecule has 100 valence electrons. The van der Waals surface area contributed by atoms with E-state index < -0.39 is 0 Å². The summed E-state index contributed by atoms with van der Waals surface area (Å²) in [6, 6.07) is 0.236. The number of hydrogen-bond acceptors (Lipinski definition) is 2. The maximum absolute atomic E-state index is 11.8. The van der Waals surface area contributed by atoms with Crippen LogP contribution in [-0.4, -0.2) is 28.9 Å². The van der Waals surface area contributed by atoms with Crippen molar-refractivity contribution in [3.8, 4) is 0 Å². The third-order valence-corrected chi connectivity index (χ3v) is 3.68. The van der Waals surface area contributed by atoms with E-state index in [-0.39, 0.29) is 28.9 Å². The summed E-state index contributed by atoms with van der Waals surface area (Å²) in [5.74, 6) is 0.333. The average Bonchev–Trinajstić information content (AvgIpc) is 2.11.